The molecular weight excluding hydrogens is 389 g/mol. The molecule has 0 radical (unpaired) electrons. The van der Waals surface area contributed by atoms with Crippen molar-refractivity contribution in [2.75, 3.05) is 5.32 Å². The van der Waals surface area contributed by atoms with Gasteiger partial charge in [0, 0.05) is 12.1 Å². The predicted molar refractivity (Wildman–Crippen MR) is 96.0 cm³/mol. The molecule has 0 saturated carbocycles. The largest absolute Gasteiger partial charge is 0.573 e. The van der Waals surface area contributed by atoms with Gasteiger partial charge in [0.1, 0.15) is 12.1 Å². The van der Waals surface area contributed by atoms with E-state index in [-0.39, 0.29) is 5.75 Å². The molecule has 0 spiro atoms. The van der Waals surface area contributed by atoms with Crippen molar-refractivity contribution < 1.29 is 27.5 Å². The lowest BCUT2D eigenvalue weighted by Crippen LogP contribution is -2.17. The Hall–Kier alpha value is -3.98. The van der Waals surface area contributed by atoms with E-state index in [4.69, 9.17) is 0 Å². The first kappa shape index (κ1) is 19.8. The van der Waals surface area contributed by atoms with Crippen molar-refractivity contribution in [2.45, 2.75) is 12.9 Å². The van der Waals surface area contributed by atoms with Crippen LogP contribution in [0.1, 0.15) is 15.9 Å². The first-order valence-corrected chi connectivity index (χ1v) is 8.16. The van der Waals surface area contributed by atoms with Gasteiger partial charge < -0.3 is 10.1 Å². The minimum absolute atomic E-state index is 0.321. The van der Waals surface area contributed by atoms with Gasteiger partial charge in [0.05, 0.1) is 10.5 Å². The zero-order chi connectivity index (χ0) is 20.9. The number of nitrogens with one attached hydrogen (secondary N) is 1. The summed E-state index contributed by atoms with van der Waals surface area (Å²) in [6.07, 6.45) is -3.32. The third kappa shape index (κ3) is 5.50. The van der Waals surface area contributed by atoms with Crippen molar-refractivity contribution in [1.82, 2.24) is 14.8 Å². The average Bonchev–Trinajstić information content (AvgIpc) is 3.15. The van der Waals surface area contributed by atoms with Crippen LogP contribution in [0.15, 0.2) is 60.0 Å². The molecule has 0 atom stereocenters. The van der Waals surface area contributed by atoms with Crippen LogP contribution >= 0.6 is 0 Å². The number of rotatable bonds is 6. The number of hydrogen-bond acceptors (Lipinski definition) is 5. The summed E-state index contributed by atoms with van der Waals surface area (Å²) < 4.78 is 41.8. The monoisotopic (exact) mass is 403 g/mol. The fourth-order valence-corrected chi connectivity index (χ4v) is 2.34. The number of halogens is 3. The molecule has 8 nitrogen and oxygen atoms in total. The molecular formula is C18H14F3N6O2+. The number of carbonyl (C=O) groups is 1. The van der Waals surface area contributed by atoms with Crippen LogP contribution in [0.3, 0.4) is 0 Å². The summed E-state index contributed by atoms with van der Waals surface area (Å²) in [5, 5.41) is 10.6. The summed E-state index contributed by atoms with van der Waals surface area (Å²) in [4.78, 5) is 18.9. The van der Waals surface area contributed by atoms with Crippen LogP contribution < -0.4 is 10.1 Å². The van der Waals surface area contributed by atoms with Gasteiger partial charge in [0.15, 0.2) is 5.11 Å². The SMILES string of the molecule is C=[N+]=NC(=O)c1ccc(CNc2ncn(-c3ccc(OC(F)(F)F)cc3)n2)cc1. The van der Waals surface area contributed by atoms with E-state index in [9.17, 15) is 18.0 Å². The standard InChI is InChI=1S/C18H13F3N6O2/c1-22-25-16(28)13-4-2-12(3-5-13)10-23-17-24-11-27(26-17)14-6-8-15(9-7-14)29-18(19,20)21/h2-9,11H,1,10H2/p+1. The van der Waals surface area contributed by atoms with Crippen molar-refractivity contribution in [2.24, 2.45) is 5.11 Å². The van der Waals surface area contributed by atoms with Crippen LogP contribution in [0.5, 0.6) is 5.75 Å². The molecule has 0 aliphatic heterocycles. The quantitative estimate of drug-likeness (QED) is 0.387. The summed E-state index contributed by atoms with van der Waals surface area (Å²) in [6.45, 7) is 3.53. The van der Waals surface area contributed by atoms with Crippen molar-refractivity contribution in [3.05, 3.63) is 66.0 Å². The second-order valence-electron chi connectivity index (χ2n) is 5.65. The van der Waals surface area contributed by atoms with E-state index in [0.717, 1.165) is 5.56 Å². The summed E-state index contributed by atoms with van der Waals surface area (Å²) in [7, 11) is 0. The molecule has 0 saturated heterocycles. The Morgan fingerprint density at radius 3 is 2.48 bits per heavy atom. The van der Waals surface area contributed by atoms with Crippen LogP contribution in [0.25, 0.3) is 5.69 Å². The van der Waals surface area contributed by atoms with Gasteiger partial charge in [-0.05, 0) is 42.0 Å². The number of amides is 1. The fraction of sp³-hybridized carbons (Fsp3) is 0.111. The highest BCUT2D eigenvalue weighted by Gasteiger charge is 2.30. The van der Waals surface area contributed by atoms with E-state index in [1.165, 1.54) is 35.3 Å². The molecule has 0 fully saturated rings. The molecule has 1 amide bonds. The molecule has 3 aromatic rings. The van der Waals surface area contributed by atoms with E-state index in [1.54, 1.807) is 24.3 Å². The summed E-state index contributed by atoms with van der Waals surface area (Å²) in [5.74, 6) is -0.475. The van der Waals surface area contributed by atoms with Crippen molar-refractivity contribution in [3.63, 3.8) is 0 Å². The molecule has 3 rings (SSSR count). The second-order valence-corrected chi connectivity index (χ2v) is 5.65. The highest BCUT2D eigenvalue weighted by molar-refractivity contribution is 5.94. The van der Waals surface area contributed by atoms with E-state index < -0.39 is 12.3 Å². The van der Waals surface area contributed by atoms with Gasteiger partial charge in [-0.15, -0.1) is 18.3 Å². The topological polar surface area (TPSA) is 95.5 Å². The first-order valence-electron chi connectivity index (χ1n) is 8.16. The fourth-order valence-electron chi connectivity index (χ4n) is 2.34. The first-order chi connectivity index (χ1) is 13.8. The molecule has 29 heavy (non-hydrogen) atoms. The summed E-state index contributed by atoms with van der Waals surface area (Å²) >= 11 is 0. The van der Waals surface area contributed by atoms with Crippen LogP contribution in [0.4, 0.5) is 19.1 Å². The molecule has 0 unspecified atom stereocenters. The average molecular weight is 403 g/mol. The minimum Gasteiger partial charge on any atom is -0.406 e. The predicted octanol–water partition coefficient (Wildman–Crippen LogP) is 3.28. The highest BCUT2D eigenvalue weighted by atomic mass is 19.4. The minimum atomic E-state index is -4.74. The van der Waals surface area contributed by atoms with Crippen LogP contribution in [0, 0.1) is 0 Å². The number of nitrogens with zero attached hydrogens (tertiary/aromatic N) is 5. The number of carbonyl (C=O) groups excluding carboxylic acids is 1. The zero-order valence-electron chi connectivity index (χ0n) is 14.8. The molecule has 1 N–H and O–H groups in total. The van der Waals surface area contributed by atoms with Crippen LogP contribution in [0.2, 0.25) is 0 Å². The van der Waals surface area contributed by atoms with Gasteiger partial charge in [-0.25, -0.2) is 9.67 Å². The van der Waals surface area contributed by atoms with E-state index in [0.29, 0.717) is 23.7 Å². The molecule has 2 aromatic carbocycles. The van der Waals surface area contributed by atoms with Gasteiger partial charge in [0.25, 0.3) is 6.72 Å². The maximum absolute atomic E-state index is 12.2. The van der Waals surface area contributed by atoms with Crippen molar-refractivity contribution in [3.8, 4) is 11.4 Å². The molecule has 0 bridgehead atoms. The molecule has 0 aliphatic carbocycles. The molecule has 1 aromatic heterocycles. The Bertz CT molecular complexity index is 1040. The van der Waals surface area contributed by atoms with E-state index in [2.05, 4.69) is 36.8 Å². The third-order valence-corrected chi connectivity index (χ3v) is 3.64. The van der Waals surface area contributed by atoms with Gasteiger partial charge in [-0.3, -0.25) is 4.79 Å². The van der Waals surface area contributed by atoms with Gasteiger partial charge in [-0.1, -0.05) is 12.1 Å². The van der Waals surface area contributed by atoms with Crippen LogP contribution in [-0.4, -0.2) is 38.5 Å². The number of hydrogen-bond donors (Lipinski definition) is 1. The number of benzene rings is 2. The van der Waals surface area contributed by atoms with Crippen molar-refractivity contribution >= 4 is 18.6 Å². The lowest BCUT2D eigenvalue weighted by atomic mass is 10.1. The maximum atomic E-state index is 12.2. The lowest BCUT2D eigenvalue weighted by molar-refractivity contribution is -0.274. The Labute approximate surface area is 162 Å². The zero-order valence-corrected chi connectivity index (χ0v) is 14.8. The smallest absolute Gasteiger partial charge is 0.406 e. The third-order valence-electron chi connectivity index (χ3n) is 3.64. The van der Waals surface area contributed by atoms with E-state index >= 15 is 0 Å². The number of alkyl halides is 3. The Morgan fingerprint density at radius 1 is 1.17 bits per heavy atom. The second kappa shape index (κ2) is 8.36. The Balaban J connectivity index is 1.60. The molecule has 148 valence electrons. The molecule has 0 aliphatic rings. The number of ether oxygens (including phenoxy) is 1. The highest BCUT2D eigenvalue weighted by Crippen LogP contribution is 2.23. The lowest BCUT2D eigenvalue weighted by Gasteiger charge is -2.09. The van der Waals surface area contributed by atoms with Crippen LogP contribution in [-0.2, 0) is 6.54 Å². The number of aromatic nitrogens is 3. The Morgan fingerprint density at radius 2 is 1.86 bits per heavy atom. The van der Waals surface area contributed by atoms with Gasteiger partial charge in [-0.2, -0.15) is 0 Å². The molecule has 11 heteroatoms. The summed E-state index contributed by atoms with van der Waals surface area (Å²) in [6, 6.07) is 12.0. The summed E-state index contributed by atoms with van der Waals surface area (Å²) in [5.41, 5.74) is 1.78. The maximum Gasteiger partial charge on any atom is 0.573 e. The van der Waals surface area contributed by atoms with Crippen molar-refractivity contribution in [1.29, 1.82) is 0 Å². The van der Waals surface area contributed by atoms with Gasteiger partial charge in [0.2, 0.25) is 5.95 Å². The Kier molecular flexibility index (Phi) is 5.70. The van der Waals surface area contributed by atoms with Gasteiger partial charge >= 0.3 is 12.3 Å². The van der Waals surface area contributed by atoms with E-state index in [1.807, 2.05) is 0 Å². The molecule has 1 heterocycles. The normalized spacial score (nSPS) is 10.9. The number of anilines is 1.